The van der Waals surface area contributed by atoms with Gasteiger partial charge in [0.25, 0.3) is 0 Å². The maximum Gasteiger partial charge on any atom is 0.170 e. The number of aliphatic imine (C=N–C) groups is 1. The number of nitrogens with one attached hydrogen (secondary N) is 1. The molecule has 0 atom stereocenters. The van der Waals surface area contributed by atoms with E-state index in [0.717, 1.165) is 52.5 Å². The molecule has 2 heterocycles. The Kier molecular flexibility index (Phi) is 3.07. The van der Waals surface area contributed by atoms with Gasteiger partial charge in [-0.2, -0.15) is 0 Å². The predicted molar refractivity (Wildman–Crippen MR) is 87.6 cm³/mol. The molecule has 4 heteroatoms. The number of hydrogen-bond donors (Lipinski definition) is 1. The van der Waals surface area contributed by atoms with Gasteiger partial charge in [-0.05, 0) is 12.1 Å². The van der Waals surface area contributed by atoms with Crippen LogP contribution in [0.15, 0.2) is 57.9 Å². The van der Waals surface area contributed by atoms with Crippen molar-refractivity contribution in [1.82, 2.24) is 5.32 Å². The van der Waals surface area contributed by atoms with Crippen molar-refractivity contribution in [3.05, 3.63) is 54.3 Å². The fourth-order valence-electron chi connectivity index (χ4n) is 2.82. The Labute approximate surface area is 128 Å². The zero-order valence-electron chi connectivity index (χ0n) is 12.3. The molecule has 0 radical (unpaired) electrons. The van der Waals surface area contributed by atoms with Crippen molar-refractivity contribution in [2.75, 3.05) is 20.2 Å². The Bertz CT molecular complexity index is 864. The lowest BCUT2D eigenvalue weighted by Crippen LogP contribution is -2.18. The number of ether oxygens (including phenoxy) is 1. The first-order valence-electron chi connectivity index (χ1n) is 7.31. The van der Waals surface area contributed by atoms with Crippen LogP contribution in [0.2, 0.25) is 0 Å². The fourth-order valence-corrected chi connectivity index (χ4v) is 2.82. The quantitative estimate of drug-likeness (QED) is 0.804. The summed E-state index contributed by atoms with van der Waals surface area (Å²) in [5, 5.41) is 4.31. The zero-order valence-corrected chi connectivity index (χ0v) is 12.3. The number of rotatable bonds is 3. The second kappa shape index (κ2) is 5.22. The Hall–Kier alpha value is -2.75. The van der Waals surface area contributed by atoms with E-state index >= 15 is 0 Å². The van der Waals surface area contributed by atoms with E-state index in [0.29, 0.717) is 0 Å². The summed E-state index contributed by atoms with van der Waals surface area (Å²) in [6, 6.07) is 16.1. The number of nitrogens with zero attached hydrogens (tertiary/aromatic N) is 1. The number of methoxy groups -OCH3 is 1. The van der Waals surface area contributed by atoms with Gasteiger partial charge < -0.3 is 14.5 Å². The molecule has 110 valence electrons. The van der Waals surface area contributed by atoms with Crippen LogP contribution in [0.4, 0.5) is 0 Å². The monoisotopic (exact) mass is 292 g/mol. The second-order valence-electron chi connectivity index (χ2n) is 5.19. The average molecular weight is 292 g/mol. The molecular weight excluding hydrogens is 276 g/mol. The van der Waals surface area contributed by atoms with Crippen LogP contribution >= 0.6 is 0 Å². The maximum absolute atomic E-state index is 6.09. The molecule has 0 bridgehead atoms. The molecule has 3 aromatic rings. The van der Waals surface area contributed by atoms with Crippen LogP contribution in [-0.4, -0.2) is 26.0 Å². The van der Waals surface area contributed by atoms with E-state index < -0.39 is 0 Å². The fraction of sp³-hybridized carbons (Fsp3) is 0.167. The van der Waals surface area contributed by atoms with E-state index in [4.69, 9.17) is 9.15 Å². The summed E-state index contributed by atoms with van der Waals surface area (Å²) in [6.45, 7) is 1.66. The van der Waals surface area contributed by atoms with Gasteiger partial charge in [-0.1, -0.05) is 36.4 Å². The van der Waals surface area contributed by atoms with Gasteiger partial charge in [0.05, 0.1) is 13.7 Å². The van der Waals surface area contributed by atoms with E-state index in [-0.39, 0.29) is 0 Å². The van der Waals surface area contributed by atoms with Gasteiger partial charge in [-0.25, -0.2) is 0 Å². The molecule has 1 aromatic heterocycles. The van der Waals surface area contributed by atoms with Crippen LogP contribution in [0.1, 0.15) is 5.76 Å². The standard InChI is InChI=1S/C18H16N2O2/c1-21-15-8-3-2-6-13(15)14-7-4-5-12-11-16(22-17(12)14)18-19-9-10-20-18/h2-8,11H,9-10H2,1H3,(H,19,20). The Morgan fingerprint density at radius 3 is 2.77 bits per heavy atom. The first-order valence-corrected chi connectivity index (χ1v) is 7.31. The van der Waals surface area contributed by atoms with E-state index in [1.807, 2.05) is 36.4 Å². The van der Waals surface area contributed by atoms with Crippen LogP contribution in [0, 0.1) is 0 Å². The van der Waals surface area contributed by atoms with Crippen LogP contribution in [0.5, 0.6) is 5.75 Å². The third kappa shape index (κ3) is 2.04. The minimum atomic E-state index is 0.787. The molecule has 0 fully saturated rings. The van der Waals surface area contributed by atoms with Crippen LogP contribution in [0.25, 0.3) is 22.1 Å². The minimum absolute atomic E-state index is 0.787. The Morgan fingerprint density at radius 1 is 1.09 bits per heavy atom. The normalized spacial score (nSPS) is 14.0. The second-order valence-corrected chi connectivity index (χ2v) is 5.19. The largest absolute Gasteiger partial charge is 0.496 e. The van der Waals surface area contributed by atoms with E-state index in [1.54, 1.807) is 7.11 Å². The number of furan rings is 1. The third-order valence-corrected chi connectivity index (χ3v) is 3.85. The van der Waals surface area contributed by atoms with Gasteiger partial charge in [0.1, 0.15) is 11.3 Å². The maximum atomic E-state index is 6.09. The molecule has 4 nitrogen and oxygen atoms in total. The van der Waals surface area contributed by atoms with Crippen molar-refractivity contribution in [3.63, 3.8) is 0 Å². The molecule has 0 amide bonds. The number of hydrogen-bond acceptors (Lipinski definition) is 4. The molecule has 1 aliphatic heterocycles. The lowest BCUT2D eigenvalue weighted by molar-refractivity contribution is 0.416. The van der Waals surface area contributed by atoms with Gasteiger partial charge in [0.15, 0.2) is 11.6 Å². The smallest absolute Gasteiger partial charge is 0.170 e. The van der Waals surface area contributed by atoms with Crippen LogP contribution < -0.4 is 10.1 Å². The Morgan fingerprint density at radius 2 is 1.95 bits per heavy atom. The summed E-state index contributed by atoms with van der Waals surface area (Å²) in [5.74, 6) is 2.46. The van der Waals surface area contributed by atoms with Gasteiger partial charge >= 0.3 is 0 Å². The van der Waals surface area contributed by atoms with Crippen molar-refractivity contribution in [3.8, 4) is 16.9 Å². The highest BCUT2D eigenvalue weighted by molar-refractivity contribution is 6.03. The van der Waals surface area contributed by atoms with Crippen molar-refractivity contribution < 1.29 is 9.15 Å². The highest BCUT2D eigenvalue weighted by Crippen LogP contribution is 2.36. The van der Waals surface area contributed by atoms with Crippen molar-refractivity contribution >= 4 is 16.8 Å². The summed E-state index contributed by atoms with van der Waals surface area (Å²) in [7, 11) is 1.68. The van der Waals surface area contributed by atoms with E-state index in [1.165, 1.54) is 0 Å². The van der Waals surface area contributed by atoms with Crippen molar-refractivity contribution in [2.24, 2.45) is 4.99 Å². The molecule has 1 aliphatic rings. The molecule has 22 heavy (non-hydrogen) atoms. The highest BCUT2D eigenvalue weighted by atomic mass is 16.5. The highest BCUT2D eigenvalue weighted by Gasteiger charge is 2.17. The molecule has 2 aromatic carbocycles. The molecule has 0 saturated carbocycles. The molecule has 0 unspecified atom stereocenters. The van der Waals surface area contributed by atoms with Crippen molar-refractivity contribution in [2.45, 2.75) is 0 Å². The topological polar surface area (TPSA) is 46.8 Å². The summed E-state index contributed by atoms with van der Waals surface area (Å²) in [6.07, 6.45) is 0. The number of amidine groups is 1. The van der Waals surface area contributed by atoms with Gasteiger partial charge in [-0.3, -0.25) is 4.99 Å². The van der Waals surface area contributed by atoms with Crippen molar-refractivity contribution in [1.29, 1.82) is 0 Å². The lowest BCUT2D eigenvalue weighted by Gasteiger charge is -2.08. The van der Waals surface area contributed by atoms with E-state index in [2.05, 4.69) is 22.4 Å². The Balaban J connectivity index is 1.91. The molecule has 4 rings (SSSR count). The minimum Gasteiger partial charge on any atom is -0.496 e. The molecule has 0 aliphatic carbocycles. The van der Waals surface area contributed by atoms with E-state index in [9.17, 15) is 0 Å². The van der Waals surface area contributed by atoms with Crippen LogP contribution in [0.3, 0.4) is 0 Å². The van der Waals surface area contributed by atoms with Gasteiger partial charge in [0, 0.05) is 23.1 Å². The third-order valence-electron chi connectivity index (χ3n) is 3.85. The summed E-state index contributed by atoms with van der Waals surface area (Å²) >= 11 is 0. The zero-order chi connectivity index (χ0) is 14.9. The summed E-state index contributed by atoms with van der Waals surface area (Å²) < 4.78 is 11.6. The van der Waals surface area contributed by atoms with Crippen LogP contribution in [-0.2, 0) is 0 Å². The SMILES string of the molecule is COc1ccccc1-c1cccc2cc(C3=NCCN3)oc12. The first-order chi connectivity index (χ1) is 10.9. The molecule has 1 N–H and O–H groups in total. The number of para-hydroxylation sites is 2. The first kappa shape index (κ1) is 13.0. The molecule has 0 spiro atoms. The molecule has 0 saturated heterocycles. The molecular formula is C18H16N2O2. The predicted octanol–water partition coefficient (Wildman–Crippen LogP) is 3.46. The lowest BCUT2D eigenvalue weighted by atomic mass is 10.0. The number of benzene rings is 2. The van der Waals surface area contributed by atoms with Gasteiger partial charge in [-0.15, -0.1) is 0 Å². The van der Waals surface area contributed by atoms with Gasteiger partial charge in [0.2, 0.25) is 0 Å². The summed E-state index contributed by atoms with van der Waals surface area (Å²) in [4.78, 5) is 4.42. The average Bonchev–Trinajstić information content (AvgIpc) is 3.23. The summed E-state index contributed by atoms with van der Waals surface area (Å²) in [5.41, 5.74) is 2.91. The number of fused-ring (bicyclic) bond motifs is 1.